The molecule has 6 heteroatoms. The van der Waals surface area contributed by atoms with Crippen LogP contribution in [0.25, 0.3) is 10.8 Å². The van der Waals surface area contributed by atoms with Gasteiger partial charge in [0.05, 0.1) is 24.4 Å². The maximum atomic E-state index is 11.5. The summed E-state index contributed by atoms with van der Waals surface area (Å²) in [5, 5.41) is 24.4. The molecule has 2 aromatic carbocycles. The van der Waals surface area contributed by atoms with Crippen LogP contribution in [0, 0.1) is 0 Å². The van der Waals surface area contributed by atoms with E-state index in [0.29, 0.717) is 26.0 Å². The number of likely N-dealkylation sites (tertiary alicyclic amines) is 1. The number of aryl methyl sites for hydroxylation is 1. The van der Waals surface area contributed by atoms with Gasteiger partial charge in [0, 0.05) is 67.3 Å². The lowest BCUT2D eigenvalue weighted by molar-refractivity contribution is -0.0529. The lowest BCUT2D eigenvalue weighted by atomic mass is 9.83. The van der Waals surface area contributed by atoms with Crippen molar-refractivity contribution in [1.82, 2.24) is 9.88 Å². The van der Waals surface area contributed by atoms with Crippen LogP contribution in [-0.2, 0) is 16.8 Å². The van der Waals surface area contributed by atoms with Crippen molar-refractivity contribution in [3.8, 4) is 0 Å². The molecule has 35 heavy (non-hydrogen) atoms. The molecule has 3 aliphatic rings. The van der Waals surface area contributed by atoms with Crippen LogP contribution < -0.4 is 4.90 Å². The van der Waals surface area contributed by atoms with Crippen molar-refractivity contribution in [1.29, 1.82) is 0 Å². The van der Waals surface area contributed by atoms with Crippen LogP contribution in [0.15, 0.2) is 54.9 Å². The minimum atomic E-state index is -0.883. The molecule has 0 bridgehead atoms. The number of ether oxygens (including phenoxy) is 1. The molecule has 6 nitrogen and oxygen atoms in total. The maximum absolute atomic E-state index is 11.5. The van der Waals surface area contributed by atoms with Crippen LogP contribution in [0.4, 0.5) is 5.69 Å². The summed E-state index contributed by atoms with van der Waals surface area (Å²) in [5.41, 5.74) is 4.13. The van der Waals surface area contributed by atoms with Gasteiger partial charge in [-0.15, -0.1) is 0 Å². The Morgan fingerprint density at radius 1 is 1.03 bits per heavy atom. The van der Waals surface area contributed by atoms with Gasteiger partial charge in [0.25, 0.3) is 0 Å². The van der Waals surface area contributed by atoms with Crippen LogP contribution in [-0.4, -0.2) is 65.5 Å². The Labute approximate surface area is 207 Å². The first kappa shape index (κ1) is 22.9. The molecule has 3 aromatic rings. The van der Waals surface area contributed by atoms with E-state index < -0.39 is 11.7 Å². The topological polar surface area (TPSA) is 69.1 Å². The minimum absolute atomic E-state index is 0.0549. The van der Waals surface area contributed by atoms with E-state index in [-0.39, 0.29) is 6.10 Å². The molecular formula is C29H35N3O3. The van der Waals surface area contributed by atoms with Gasteiger partial charge in [-0.05, 0) is 43.1 Å². The third-order valence-electron chi connectivity index (χ3n) is 8.16. The fourth-order valence-electron chi connectivity index (χ4n) is 6.30. The Kier molecular flexibility index (Phi) is 6.23. The summed E-state index contributed by atoms with van der Waals surface area (Å²) in [7, 11) is 0. The van der Waals surface area contributed by atoms with Crippen molar-refractivity contribution in [2.75, 3.05) is 44.2 Å². The fraction of sp³-hybridized carbons (Fsp3) is 0.483. The number of hydrogen-bond donors (Lipinski definition) is 2. The van der Waals surface area contributed by atoms with Crippen molar-refractivity contribution in [2.45, 2.75) is 49.9 Å². The van der Waals surface area contributed by atoms with Gasteiger partial charge in [-0.1, -0.05) is 42.5 Å². The van der Waals surface area contributed by atoms with Crippen LogP contribution in [0.3, 0.4) is 0 Å². The number of para-hydroxylation sites is 1. The van der Waals surface area contributed by atoms with E-state index in [0.717, 1.165) is 55.4 Å². The lowest BCUT2D eigenvalue weighted by Crippen LogP contribution is -2.46. The highest BCUT2D eigenvalue weighted by Crippen LogP contribution is 2.41. The molecule has 2 atom stereocenters. The molecule has 0 radical (unpaired) electrons. The molecule has 1 saturated heterocycles. The second kappa shape index (κ2) is 9.51. The van der Waals surface area contributed by atoms with E-state index in [9.17, 15) is 10.2 Å². The van der Waals surface area contributed by atoms with Gasteiger partial charge in [0.15, 0.2) is 0 Å². The number of aromatic nitrogens is 1. The van der Waals surface area contributed by atoms with Gasteiger partial charge in [0.2, 0.25) is 0 Å². The highest BCUT2D eigenvalue weighted by Gasteiger charge is 2.36. The molecule has 2 N–H and O–H groups in total. The number of aliphatic hydroxyl groups excluding tert-OH is 1. The van der Waals surface area contributed by atoms with Crippen LogP contribution >= 0.6 is 0 Å². The molecule has 1 aromatic heterocycles. The second-order valence-corrected chi connectivity index (χ2v) is 10.5. The average molecular weight is 474 g/mol. The van der Waals surface area contributed by atoms with Gasteiger partial charge in [-0.2, -0.15) is 0 Å². The molecular weight excluding hydrogens is 438 g/mol. The van der Waals surface area contributed by atoms with Crippen LogP contribution in [0.5, 0.6) is 0 Å². The zero-order valence-electron chi connectivity index (χ0n) is 20.3. The number of pyridine rings is 1. The molecule has 0 amide bonds. The predicted octanol–water partition coefficient (Wildman–Crippen LogP) is 3.79. The van der Waals surface area contributed by atoms with Gasteiger partial charge < -0.3 is 24.7 Å². The van der Waals surface area contributed by atoms with Gasteiger partial charge in [-0.3, -0.25) is 4.98 Å². The Morgan fingerprint density at radius 3 is 2.77 bits per heavy atom. The van der Waals surface area contributed by atoms with Crippen LogP contribution in [0.2, 0.25) is 0 Å². The first-order chi connectivity index (χ1) is 17.1. The van der Waals surface area contributed by atoms with Crippen molar-refractivity contribution in [3.05, 3.63) is 71.5 Å². The summed E-state index contributed by atoms with van der Waals surface area (Å²) >= 11 is 0. The molecule has 1 fully saturated rings. The Morgan fingerprint density at radius 2 is 1.89 bits per heavy atom. The summed E-state index contributed by atoms with van der Waals surface area (Å²) in [6.45, 7) is 4.54. The highest BCUT2D eigenvalue weighted by molar-refractivity contribution is 5.85. The van der Waals surface area contributed by atoms with Gasteiger partial charge >= 0.3 is 0 Å². The number of anilines is 1. The molecule has 4 heterocycles. The molecule has 184 valence electrons. The number of rotatable bonds is 6. The normalized spacial score (nSPS) is 22.7. The zero-order valence-corrected chi connectivity index (χ0v) is 20.3. The van der Waals surface area contributed by atoms with Gasteiger partial charge in [-0.25, -0.2) is 0 Å². The molecule has 0 spiro atoms. The predicted molar refractivity (Wildman–Crippen MR) is 138 cm³/mol. The smallest absolute Gasteiger partial charge is 0.0941 e. The largest absolute Gasteiger partial charge is 0.389 e. The summed E-state index contributed by atoms with van der Waals surface area (Å²) < 4.78 is 6.28. The summed E-state index contributed by atoms with van der Waals surface area (Å²) in [4.78, 5) is 9.12. The maximum Gasteiger partial charge on any atom is 0.0941 e. The number of piperidine rings is 1. The first-order valence-corrected chi connectivity index (χ1v) is 13.1. The monoisotopic (exact) mass is 473 g/mol. The van der Waals surface area contributed by atoms with Crippen LogP contribution in [0.1, 0.15) is 48.5 Å². The van der Waals surface area contributed by atoms with E-state index in [4.69, 9.17) is 4.74 Å². The number of nitrogens with zero attached hydrogens (tertiary/aromatic N) is 3. The number of benzene rings is 2. The first-order valence-electron chi connectivity index (χ1n) is 13.1. The highest BCUT2D eigenvalue weighted by atomic mass is 16.5. The summed E-state index contributed by atoms with van der Waals surface area (Å²) in [6.07, 6.45) is 7.77. The Hall–Kier alpha value is -2.51. The van der Waals surface area contributed by atoms with E-state index >= 15 is 0 Å². The number of fused-ring (bicyclic) bond motifs is 1. The van der Waals surface area contributed by atoms with Crippen molar-refractivity contribution in [3.63, 3.8) is 0 Å². The third-order valence-corrected chi connectivity index (χ3v) is 8.16. The molecule has 0 saturated carbocycles. The van der Waals surface area contributed by atoms with Crippen molar-refractivity contribution in [2.24, 2.45) is 0 Å². The standard InChI is InChI=1S/C29H35N3O3/c33-23(20-35-27-10-14-32-13-4-7-21-6-3-9-25(27)28(21)32)19-31-15-11-29(34,12-16-31)26-18-30-17-22-5-1-2-8-24(22)26/h1-3,5-6,8-9,17-18,23,27,33-34H,4,7,10-16,19-20H2/t23-,27?/m0/s1. The fourth-order valence-corrected chi connectivity index (χ4v) is 6.30. The average Bonchev–Trinajstić information content (AvgIpc) is 2.90. The van der Waals surface area contributed by atoms with Gasteiger partial charge in [0.1, 0.15) is 0 Å². The van der Waals surface area contributed by atoms with E-state index in [1.807, 2.05) is 30.6 Å². The quantitative estimate of drug-likeness (QED) is 0.568. The molecule has 3 aliphatic heterocycles. The van der Waals surface area contributed by atoms with Crippen molar-refractivity contribution >= 4 is 16.5 Å². The van der Waals surface area contributed by atoms with Crippen molar-refractivity contribution < 1.29 is 14.9 Å². The summed E-state index contributed by atoms with van der Waals surface area (Å²) in [6, 6.07) is 14.7. The Bertz CT molecular complexity index is 1190. The molecule has 0 aliphatic carbocycles. The van der Waals surface area contributed by atoms with E-state index in [1.54, 1.807) is 0 Å². The molecule has 6 rings (SSSR count). The number of hydrogen-bond acceptors (Lipinski definition) is 6. The van der Waals surface area contributed by atoms with E-state index in [2.05, 4.69) is 39.0 Å². The SMILES string of the molecule is O[C@H](COC1CCN2CCCc3cccc1c32)CN1CCC(O)(c2cncc3ccccc23)CC1. The second-order valence-electron chi connectivity index (χ2n) is 10.5. The van der Waals surface area contributed by atoms with E-state index in [1.165, 1.54) is 23.2 Å². The molecule has 1 unspecified atom stereocenters. The number of aliphatic hydroxyl groups is 2. The zero-order chi connectivity index (χ0) is 23.8. The Balaban J connectivity index is 1.05. The number of β-amino-alcohol motifs (C(OH)–C–C–N with tert-alkyl or cyclic N) is 1. The lowest BCUT2D eigenvalue weighted by Gasteiger charge is -2.40. The minimum Gasteiger partial charge on any atom is -0.389 e. The summed E-state index contributed by atoms with van der Waals surface area (Å²) in [5.74, 6) is 0. The third kappa shape index (κ3) is 4.45.